The highest BCUT2D eigenvalue weighted by molar-refractivity contribution is 7.99. The van der Waals surface area contributed by atoms with Crippen LogP contribution in [0.1, 0.15) is 26.2 Å². The minimum Gasteiger partial charge on any atom is -0.511 e. The van der Waals surface area contributed by atoms with Gasteiger partial charge in [0.25, 0.3) is 0 Å². The molecule has 1 atom stereocenters. The number of hydrogen-bond acceptors (Lipinski definition) is 5. The van der Waals surface area contributed by atoms with E-state index in [1.807, 2.05) is 0 Å². The number of nitrogens with zero attached hydrogens (tertiary/aromatic N) is 1. The molecule has 0 heterocycles. The van der Waals surface area contributed by atoms with E-state index in [0.29, 0.717) is 35.6 Å². The van der Waals surface area contributed by atoms with Crippen LogP contribution in [0.3, 0.4) is 0 Å². The average molecular weight is 381 g/mol. The molecular weight excluding hydrogens is 360 g/mol. The molecule has 0 amide bonds. The monoisotopic (exact) mass is 381 g/mol. The first-order chi connectivity index (χ1) is 12.4. The van der Waals surface area contributed by atoms with E-state index >= 15 is 0 Å². The SMILES string of the molecule is C=CCO/N=C(/C)C1=C(O)CC(CCSc2ccc(F)c(F)c2)CC1=O. The van der Waals surface area contributed by atoms with Crippen molar-refractivity contribution in [2.24, 2.45) is 11.1 Å². The summed E-state index contributed by atoms with van der Waals surface area (Å²) in [6.07, 6.45) is 2.91. The average Bonchev–Trinajstić information content (AvgIpc) is 2.58. The predicted molar refractivity (Wildman–Crippen MR) is 98.3 cm³/mol. The third-order valence-corrected chi connectivity index (χ3v) is 4.99. The topological polar surface area (TPSA) is 58.9 Å². The van der Waals surface area contributed by atoms with Gasteiger partial charge in [-0.3, -0.25) is 4.79 Å². The summed E-state index contributed by atoms with van der Waals surface area (Å²) in [6, 6.07) is 3.78. The molecule has 1 aliphatic carbocycles. The Morgan fingerprint density at radius 1 is 1.42 bits per heavy atom. The molecule has 1 unspecified atom stereocenters. The van der Waals surface area contributed by atoms with Crippen molar-refractivity contribution in [3.8, 4) is 0 Å². The fourth-order valence-electron chi connectivity index (χ4n) is 2.73. The number of ketones is 1. The number of allylic oxidation sites excluding steroid dienone is 2. The van der Waals surface area contributed by atoms with E-state index in [1.165, 1.54) is 23.9 Å². The predicted octanol–water partition coefficient (Wildman–Crippen LogP) is 4.82. The van der Waals surface area contributed by atoms with Crippen LogP contribution in [0.2, 0.25) is 0 Å². The van der Waals surface area contributed by atoms with Crippen LogP contribution in [0, 0.1) is 17.6 Å². The lowest BCUT2D eigenvalue weighted by atomic mass is 9.84. The number of carbonyl (C=O) groups is 1. The van der Waals surface area contributed by atoms with Gasteiger partial charge in [0.2, 0.25) is 0 Å². The zero-order valence-corrected chi connectivity index (χ0v) is 15.3. The number of halogens is 2. The van der Waals surface area contributed by atoms with E-state index in [4.69, 9.17) is 4.84 Å². The van der Waals surface area contributed by atoms with Gasteiger partial charge in [0.05, 0.1) is 11.3 Å². The summed E-state index contributed by atoms with van der Waals surface area (Å²) in [5.74, 6) is -1.25. The number of thioether (sulfide) groups is 1. The molecule has 0 radical (unpaired) electrons. The molecule has 1 aromatic rings. The van der Waals surface area contributed by atoms with Crippen molar-refractivity contribution in [1.29, 1.82) is 0 Å². The highest BCUT2D eigenvalue weighted by Crippen LogP contribution is 2.31. The van der Waals surface area contributed by atoms with E-state index in [0.717, 1.165) is 12.1 Å². The van der Waals surface area contributed by atoms with Gasteiger partial charge < -0.3 is 9.94 Å². The number of rotatable bonds is 8. The second-order valence-corrected chi connectivity index (χ2v) is 7.16. The Balaban J connectivity index is 1.91. The van der Waals surface area contributed by atoms with E-state index in [2.05, 4.69) is 11.7 Å². The number of oxime groups is 1. The Hall–Kier alpha value is -2.15. The van der Waals surface area contributed by atoms with Crippen molar-refractivity contribution in [1.82, 2.24) is 0 Å². The molecule has 0 bridgehead atoms. The smallest absolute Gasteiger partial charge is 0.168 e. The molecule has 1 N–H and O–H groups in total. The van der Waals surface area contributed by atoms with Gasteiger partial charge in [-0.1, -0.05) is 17.8 Å². The maximum absolute atomic E-state index is 13.2. The van der Waals surface area contributed by atoms with Crippen LogP contribution in [0.4, 0.5) is 8.78 Å². The molecule has 4 nitrogen and oxygen atoms in total. The van der Waals surface area contributed by atoms with E-state index in [-0.39, 0.29) is 29.6 Å². The molecule has 0 aromatic heterocycles. The fraction of sp³-hybridized carbons (Fsp3) is 0.368. The van der Waals surface area contributed by atoms with Crippen molar-refractivity contribution < 1.29 is 23.5 Å². The lowest BCUT2D eigenvalue weighted by Gasteiger charge is -2.23. The summed E-state index contributed by atoms with van der Waals surface area (Å²) in [5.41, 5.74) is 0.572. The normalized spacial score (nSPS) is 18.2. The Kier molecular flexibility index (Phi) is 7.38. The van der Waals surface area contributed by atoms with Gasteiger partial charge in [-0.15, -0.1) is 11.8 Å². The zero-order chi connectivity index (χ0) is 19.1. The summed E-state index contributed by atoms with van der Waals surface area (Å²) >= 11 is 1.39. The molecule has 140 valence electrons. The number of aliphatic hydroxyl groups excluding tert-OH is 1. The standard InChI is InChI=1S/C19H21F2NO3S/c1-3-7-25-22-12(2)19-17(23)9-13(10-18(19)24)6-8-26-14-4-5-15(20)16(21)11-14/h3-5,11,13,23H,1,6-10H2,2H3/b22-12-. The summed E-state index contributed by atoms with van der Waals surface area (Å²) in [5, 5.41) is 14.0. The van der Waals surface area contributed by atoms with Gasteiger partial charge >= 0.3 is 0 Å². The number of carbonyl (C=O) groups excluding carboxylic acids is 1. The summed E-state index contributed by atoms with van der Waals surface area (Å²) < 4.78 is 26.1. The number of benzene rings is 1. The quantitative estimate of drug-likeness (QED) is 0.231. The van der Waals surface area contributed by atoms with E-state index in [9.17, 15) is 18.7 Å². The van der Waals surface area contributed by atoms with Crippen LogP contribution in [0.5, 0.6) is 0 Å². The van der Waals surface area contributed by atoms with Crippen molar-refractivity contribution in [2.75, 3.05) is 12.4 Å². The fourth-order valence-corrected chi connectivity index (χ4v) is 3.77. The molecule has 1 aliphatic rings. The maximum atomic E-state index is 13.2. The van der Waals surface area contributed by atoms with Gasteiger partial charge in [-0.25, -0.2) is 8.78 Å². The van der Waals surface area contributed by atoms with Gasteiger partial charge in [0.15, 0.2) is 17.4 Å². The van der Waals surface area contributed by atoms with Gasteiger partial charge in [0.1, 0.15) is 12.4 Å². The summed E-state index contributed by atoms with van der Waals surface area (Å²) in [4.78, 5) is 17.9. The Labute approximate surface area is 155 Å². The van der Waals surface area contributed by atoms with Crippen molar-refractivity contribution in [3.05, 3.63) is 53.8 Å². The Morgan fingerprint density at radius 2 is 2.19 bits per heavy atom. The first kappa shape index (κ1) is 20.2. The minimum absolute atomic E-state index is 0.00550. The van der Waals surface area contributed by atoms with Crippen molar-refractivity contribution >= 4 is 23.3 Å². The van der Waals surface area contributed by atoms with Crippen LogP contribution in [0.25, 0.3) is 0 Å². The third-order valence-electron chi connectivity index (χ3n) is 3.97. The highest BCUT2D eigenvalue weighted by atomic mass is 32.2. The van der Waals surface area contributed by atoms with Crippen LogP contribution in [-0.2, 0) is 9.63 Å². The third kappa shape index (κ3) is 5.42. The summed E-state index contributed by atoms with van der Waals surface area (Å²) in [6.45, 7) is 5.35. The number of aliphatic hydroxyl groups is 1. The summed E-state index contributed by atoms with van der Waals surface area (Å²) in [7, 11) is 0. The molecule has 0 fully saturated rings. The maximum Gasteiger partial charge on any atom is 0.168 e. The van der Waals surface area contributed by atoms with Gasteiger partial charge in [-0.05, 0) is 43.2 Å². The lowest BCUT2D eigenvalue weighted by molar-refractivity contribution is -0.116. The van der Waals surface area contributed by atoms with Crippen molar-refractivity contribution in [3.63, 3.8) is 0 Å². The van der Waals surface area contributed by atoms with Crippen LogP contribution < -0.4 is 0 Å². The van der Waals surface area contributed by atoms with Gasteiger partial charge in [-0.2, -0.15) is 0 Å². The molecule has 1 aromatic carbocycles. The Bertz CT molecular complexity index is 746. The van der Waals surface area contributed by atoms with Crippen LogP contribution >= 0.6 is 11.8 Å². The molecule has 7 heteroatoms. The Morgan fingerprint density at radius 3 is 2.85 bits per heavy atom. The second-order valence-electron chi connectivity index (χ2n) is 5.99. The van der Waals surface area contributed by atoms with Gasteiger partial charge in [0, 0.05) is 17.7 Å². The molecule has 0 spiro atoms. The first-order valence-corrected chi connectivity index (χ1v) is 9.22. The number of hydrogen-bond donors (Lipinski definition) is 1. The van der Waals surface area contributed by atoms with E-state index in [1.54, 1.807) is 6.92 Å². The molecule has 0 saturated heterocycles. The van der Waals surface area contributed by atoms with Crippen LogP contribution in [0.15, 0.2) is 52.2 Å². The molecule has 0 aliphatic heterocycles. The second kappa shape index (κ2) is 9.52. The zero-order valence-electron chi connectivity index (χ0n) is 14.5. The molecule has 26 heavy (non-hydrogen) atoms. The molecule has 0 saturated carbocycles. The highest BCUT2D eigenvalue weighted by Gasteiger charge is 2.29. The minimum atomic E-state index is -0.874. The van der Waals surface area contributed by atoms with E-state index < -0.39 is 11.6 Å². The molecular formula is C19H21F2NO3S. The van der Waals surface area contributed by atoms with Crippen molar-refractivity contribution in [2.45, 2.75) is 31.1 Å². The number of Topliss-reactive ketones (excluding diaryl/α,β-unsaturated/α-hetero) is 1. The largest absolute Gasteiger partial charge is 0.511 e. The van der Waals surface area contributed by atoms with Crippen LogP contribution in [-0.4, -0.2) is 29.0 Å². The first-order valence-electron chi connectivity index (χ1n) is 8.23. The lowest BCUT2D eigenvalue weighted by Crippen LogP contribution is -2.24. The molecule has 2 rings (SSSR count).